The highest BCUT2D eigenvalue weighted by Gasteiger charge is 2.14. The van der Waals surface area contributed by atoms with Crippen LogP contribution in [0.4, 0.5) is 0 Å². The van der Waals surface area contributed by atoms with E-state index in [1.54, 1.807) is 23.1 Å². The average molecular weight is 318 g/mol. The molecule has 1 nitrogen and oxygen atoms in total. The zero-order valence-corrected chi connectivity index (χ0v) is 13.0. The van der Waals surface area contributed by atoms with E-state index < -0.39 is 0 Å². The normalized spacial score (nSPS) is 12.6. The van der Waals surface area contributed by atoms with Gasteiger partial charge in [0.05, 0.1) is 11.1 Å². The molecule has 0 radical (unpaired) electrons. The third kappa shape index (κ3) is 3.65. The van der Waals surface area contributed by atoms with Gasteiger partial charge in [-0.05, 0) is 42.8 Å². The molecule has 96 valence electrons. The van der Waals surface area contributed by atoms with Gasteiger partial charge in [-0.15, -0.1) is 23.1 Å². The Morgan fingerprint density at radius 1 is 1.22 bits per heavy atom. The SMILES string of the molecule is CNC(CSc1ccc(Cl)cc1)c1sccc1Cl. The number of nitrogens with one attached hydrogen (secondary N) is 1. The molecule has 0 bridgehead atoms. The number of halogens is 2. The van der Waals surface area contributed by atoms with Crippen LogP contribution in [0.2, 0.25) is 10.0 Å². The molecule has 0 aliphatic rings. The molecule has 0 aliphatic carbocycles. The molecule has 0 saturated heterocycles. The van der Waals surface area contributed by atoms with Crippen LogP contribution in [0.25, 0.3) is 0 Å². The fraction of sp³-hybridized carbons (Fsp3) is 0.231. The predicted molar refractivity (Wildman–Crippen MR) is 83.3 cm³/mol. The van der Waals surface area contributed by atoms with Crippen LogP contribution in [0.3, 0.4) is 0 Å². The Hall–Kier alpha value is -0.190. The van der Waals surface area contributed by atoms with Crippen molar-refractivity contribution in [3.63, 3.8) is 0 Å². The van der Waals surface area contributed by atoms with Crippen LogP contribution >= 0.6 is 46.3 Å². The Morgan fingerprint density at radius 2 is 1.94 bits per heavy atom. The van der Waals surface area contributed by atoms with Crippen LogP contribution in [-0.4, -0.2) is 12.8 Å². The van der Waals surface area contributed by atoms with E-state index in [4.69, 9.17) is 23.2 Å². The summed E-state index contributed by atoms with van der Waals surface area (Å²) in [7, 11) is 1.96. The van der Waals surface area contributed by atoms with Gasteiger partial charge in [0, 0.05) is 20.5 Å². The fourth-order valence-corrected chi connectivity index (χ4v) is 4.11. The van der Waals surface area contributed by atoms with Crippen molar-refractivity contribution in [1.29, 1.82) is 0 Å². The minimum atomic E-state index is 0.276. The van der Waals surface area contributed by atoms with E-state index in [9.17, 15) is 0 Å². The zero-order valence-electron chi connectivity index (χ0n) is 9.82. The maximum Gasteiger partial charge on any atom is 0.0561 e. The lowest BCUT2D eigenvalue weighted by Gasteiger charge is -2.14. The third-order valence-corrected chi connectivity index (χ3v) is 5.37. The van der Waals surface area contributed by atoms with Gasteiger partial charge >= 0.3 is 0 Å². The minimum Gasteiger partial charge on any atom is -0.312 e. The molecule has 2 aromatic rings. The molecular weight excluding hydrogens is 305 g/mol. The monoisotopic (exact) mass is 317 g/mol. The highest BCUT2D eigenvalue weighted by atomic mass is 35.5. The molecule has 0 aliphatic heterocycles. The van der Waals surface area contributed by atoms with E-state index >= 15 is 0 Å². The maximum absolute atomic E-state index is 6.16. The molecule has 0 spiro atoms. The van der Waals surface area contributed by atoms with Crippen LogP contribution in [0.1, 0.15) is 10.9 Å². The molecule has 1 atom stereocenters. The van der Waals surface area contributed by atoms with Crippen molar-refractivity contribution in [2.24, 2.45) is 0 Å². The molecule has 1 heterocycles. The number of hydrogen-bond donors (Lipinski definition) is 1. The van der Waals surface area contributed by atoms with Gasteiger partial charge < -0.3 is 5.32 Å². The molecule has 0 fully saturated rings. The summed E-state index contributed by atoms with van der Waals surface area (Å²) in [4.78, 5) is 2.41. The number of benzene rings is 1. The lowest BCUT2D eigenvalue weighted by Crippen LogP contribution is -2.17. The predicted octanol–water partition coefficient (Wildman–Crippen LogP) is 5.11. The summed E-state index contributed by atoms with van der Waals surface area (Å²) in [6, 6.07) is 10.1. The van der Waals surface area contributed by atoms with Crippen molar-refractivity contribution < 1.29 is 0 Å². The largest absolute Gasteiger partial charge is 0.312 e. The van der Waals surface area contributed by atoms with Crippen molar-refractivity contribution in [2.75, 3.05) is 12.8 Å². The van der Waals surface area contributed by atoms with E-state index in [0.717, 1.165) is 15.8 Å². The molecule has 1 unspecified atom stereocenters. The molecule has 18 heavy (non-hydrogen) atoms. The van der Waals surface area contributed by atoms with Crippen LogP contribution in [0.5, 0.6) is 0 Å². The molecule has 2 rings (SSSR count). The van der Waals surface area contributed by atoms with Crippen molar-refractivity contribution in [3.8, 4) is 0 Å². The highest BCUT2D eigenvalue weighted by Crippen LogP contribution is 2.32. The average Bonchev–Trinajstić information content (AvgIpc) is 2.79. The third-order valence-electron chi connectivity index (χ3n) is 2.54. The van der Waals surface area contributed by atoms with Gasteiger partial charge in [-0.25, -0.2) is 0 Å². The summed E-state index contributed by atoms with van der Waals surface area (Å²) in [5.41, 5.74) is 0. The van der Waals surface area contributed by atoms with Crippen molar-refractivity contribution in [2.45, 2.75) is 10.9 Å². The number of hydrogen-bond acceptors (Lipinski definition) is 3. The molecule has 5 heteroatoms. The lowest BCUT2D eigenvalue weighted by molar-refractivity contribution is 0.674. The first-order chi connectivity index (χ1) is 8.70. The minimum absolute atomic E-state index is 0.276. The Bertz CT molecular complexity index is 496. The van der Waals surface area contributed by atoms with E-state index in [1.807, 2.05) is 42.8 Å². The van der Waals surface area contributed by atoms with Gasteiger partial charge in [-0.3, -0.25) is 0 Å². The van der Waals surface area contributed by atoms with Gasteiger partial charge in [-0.1, -0.05) is 23.2 Å². The second kappa shape index (κ2) is 6.83. The first kappa shape index (κ1) is 14.2. The van der Waals surface area contributed by atoms with Gasteiger partial charge in [0.25, 0.3) is 0 Å². The molecule has 0 amide bonds. The summed E-state index contributed by atoms with van der Waals surface area (Å²) in [5.74, 6) is 0.943. The molecule has 1 N–H and O–H groups in total. The van der Waals surface area contributed by atoms with Crippen LogP contribution < -0.4 is 5.32 Å². The van der Waals surface area contributed by atoms with Crippen LogP contribution in [0, 0.1) is 0 Å². The topological polar surface area (TPSA) is 12.0 Å². The Kier molecular flexibility index (Phi) is 5.39. The van der Waals surface area contributed by atoms with Crippen molar-refractivity contribution >= 4 is 46.3 Å². The number of thiophene rings is 1. The Labute approximate surface area is 126 Å². The summed E-state index contributed by atoms with van der Waals surface area (Å²) in [6.07, 6.45) is 0. The lowest BCUT2D eigenvalue weighted by atomic mass is 10.3. The van der Waals surface area contributed by atoms with Crippen LogP contribution in [0.15, 0.2) is 40.6 Å². The highest BCUT2D eigenvalue weighted by molar-refractivity contribution is 7.99. The number of thioether (sulfide) groups is 1. The van der Waals surface area contributed by atoms with Gasteiger partial charge in [-0.2, -0.15) is 0 Å². The summed E-state index contributed by atoms with van der Waals surface area (Å²) >= 11 is 15.5. The van der Waals surface area contributed by atoms with E-state index in [-0.39, 0.29) is 6.04 Å². The van der Waals surface area contributed by atoms with Gasteiger partial charge in [0.2, 0.25) is 0 Å². The van der Waals surface area contributed by atoms with Crippen molar-refractivity contribution in [3.05, 3.63) is 50.6 Å². The molecule has 1 aromatic heterocycles. The molecular formula is C13H13Cl2NS2. The summed E-state index contributed by atoms with van der Waals surface area (Å²) < 4.78 is 0. The Balaban J connectivity index is 2.00. The molecule has 1 aromatic carbocycles. The summed E-state index contributed by atoms with van der Waals surface area (Å²) in [6.45, 7) is 0. The van der Waals surface area contributed by atoms with Gasteiger partial charge in [0.1, 0.15) is 0 Å². The second-order valence-electron chi connectivity index (χ2n) is 3.74. The quantitative estimate of drug-likeness (QED) is 0.769. The van der Waals surface area contributed by atoms with Gasteiger partial charge in [0.15, 0.2) is 0 Å². The van der Waals surface area contributed by atoms with E-state index in [0.29, 0.717) is 0 Å². The standard InChI is InChI=1S/C13H13Cl2NS2/c1-16-12(13-11(15)6-7-17-13)8-18-10-4-2-9(14)3-5-10/h2-7,12,16H,8H2,1H3. The van der Waals surface area contributed by atoms with E-state index in [2.05, 4.69) is 5.32 Å². The maximum atomic E-state index is 6.16. The summed E-state index contributed by atoms with van der Waals surface area (Å²) in [5, 5.41) is 6.94. The first-order valence-corrected chi connectivity index (χ1v) is 8.11. The van der Waals surface area contributed by atoms with Crippen molar-refractivity contribution in [1.82, 2.24) is 5.32 Å². The fourth-order valence-electron chi connectivity index (χ4n) is 1.55. The number of rotatable bonds is 5. The molecule has 0 saturated carbocycles. The smallest absolute Gasteiger partial charge is 0.0561 e. The Morgan fingerprint density at radius 3 is 2.50 bits per heavy atom. The first-order valence-electron chi connectivity index (χ1n) is 5.49. The second-order valence-corrected chi connectivity index (χ2v) is 6.62. The van der Waals surface area contributed by atoms with E-state index in [1.165, 1.54) is 9.77 Å². The zero-order chi connectivity index (χ0) is 13.0. The van der Waals surface area contributed by atoms with Crippen LogP contribution in [-0.2, 0) is 0 Å².